The van der Waals surface area contributed by atoms with E-state index >= 15 is 0 Å². The number of anilines is 1. The van der Waals surface area contributed by atoms with Crippen LogP contribution in [-0.4, -0.2) is 74.1 Å². The second-order valence-corrected chi connectivity index (χ2v) is 12.1. The predicted molar refractivity (Wildman–Crippen MR) is 174 cm³/mol. The largest absolute Gasteiger partial charge is 0.322 e. The van der Waals surface area contributed by atoms with Gasteiger partial charge in [0.2, 0.25) is 11.8 Å². The van der Waals surface area contributed by atoms with Crippen LogP contribution in [0.3, 0.4) is 0 Å². The van der Waals surface area contributed by atoms with Crippen LogP contribution in [0, 0.1) is 19.8 Å². The number of hydrogen-bond donors (Lipinski definition) is 1. The molecular weight excluding hydrogens is 652 g/mol. The molecule has 0 bridgehead atoms. The molecule has 5 aromatic rings. The Hall–Kier alpha value is -5.11. The third-order valence-corrected chi connectivity index (χ3v) is 8.62. The van der Waals surface area contributed by atoms with Crippen LogP contribution in [-0.2, 0) is 22.7 Å². The van der Waals surface area contributed by atoms with Crippen molar-refractivity contribution >= 4 is 50.2 Å². The van der Waals surface area contributed by atoms with Gasteiger partial charge in [0.15, 0.2) is 5.78 Å². The number of Topliss-reactive ketones (excluding diaryl/α,β-unsaturated/α-hetero) is 1. The summed E-state index contributed by atoms with van der Waals surface area (Å²) >= 11 is 3.36. The number of halogens is 1. The molecule has 3 atom stereocenters. The Balaban J connectivity index is 1.34. The highest BCUT2D eigenvalue weighted by molar-refractivity contribution is 9.10. The Morgan fingerprint density at radius 2 is 1.89 bits per heavy atom. The molecule has 2 amide bonds. The Morgan fingerprint density at radius 1 is 1.11 bits per heavy atom. The van der Waals surface area contributed by atoms with Gasteiger partial charge in [-0.1, -0.05) is 18.2 Å². The number of carbonyl (C=O) groups excluding carboxylic acids is 3. The zero-order valence-corrected chi connectivity index (χ0v) is 27.0. The maximum atomic E-state index is 14.2. The molecular formula is C32H31BrN10O3. The van der Waals surface area contributed by atoms with Crippen molar-refractivity contribution in [2.75, 3.05) is 5.32 Å². The number of nitrogens with one attached hydrogen (secondary N) is 1. The second kappa shape index (κ2) is 12.7. The van der Waals surface area contributed by atoms with E-state index in [0.29, 0.717) is 40.1 Å². The van der Waals surface area contributed by atoms with Crippen molar-refractivity contribution < 1.29 is 14.4 Å². The third kappa shape index (κ3) is 6.07. The Morgan fingerprint density at radius 3 is 2.59 bits per heavy atom. The molecule has 1 aromatic carbocycles. The third-order valence-electron chi connectivity index (χ3n) is 8.17. The number of likely N-dealkylation sites (tertiary alicyclic amines) is 1. The number of benzene rings is 1. The van der Waals surface area contributed by atoms with Crippen LogP contribution < -0.4 is 5.32 Å². The van der Waals surface area contributed by atoms with Crippen LogP contribution in [0.5, 0.6) is 0 Å². The van der Waals surface area contributed by atoms with Gasteiger partial charge < -0.3 is 10.2 Å². The van der Waals surface area contributed by atoms with Gasteiger partial charge in [-0.05, 0) is 65.5 Å². The summed E-state index contributed by atoms with van der Waals surface area (Å²) in [5, 5.41) is 12.3. The number of aryl methyl sites for hydroxylation is 2. The average molecular weight is 684 g/mol. The van der Waals surface area contributed by atoms with Crippen molar-refractivity contribution in [2.45, 2.75) is 52.4 Å². The van der Waals surface area contributed by atoms with Crippen LogP contribution in [0.1, 0.15) is 35.2 Å². The van der Waals surface area contributed by atoms with Crippen LogP contribution in [0.25, 0.3) is 22.0 Å². The topological polar surface area (TPSA) is 154 Å². The molecule has 0 unspecified atom stereocenters. The van der Waals surface area contributed by atoms with Crippen molar-refractivity contribution in [2.24, 2.45) is 5.92 Å². The first kappa shape index (κ1) is 30.9. The summed E-state index contributed by atoms with van der Waals surface area (Å²) in [6.07, 6.45) is 8.54. The maximum Gasteiger partial charge on any atom is 0.248 e. The van der Waals surface area contributed by atoms with E-state index in [2.05, 4.69) is 58.0 Å². The highest BCUT2D eigenvalue weighted by Crippen LogP contribution is 2.34. The summed E-state index contributed by atoms with van der Waals surface area (Å²) in [4.78, 5) is 59.3. The normalized spacial score (nSPS) is 17.7. The van der Waals surface area contributed by atoms with Crippen LogP contribution in [0.15, 0.2) is 72.6 Å². The van der Waals surface area contributed by atoms with Gasteiger partial charge in [0.1, 0.15) is 47.2 Å². The summed E-state index contributed by atoms with van der Waals surface area (Å²) in [5.74, 6) is -0.0626. The smallest absolute Gasteiger partial charge is 0.248 e. The lowest BCUT2D eigenvalue weighted by Gasteiger charge is -2.29. The summed E-state index contributed by atoms with van der Waals surface area (Å²) in [6.45, 7) is 9.35. The SMILES string of the molecule is C=C[C@@H]1[C@@H](Cn2cncn2)C[C@@H](C(=O)Nc2nc(Br)ccc2C)N1C(=O)Cn1nc(C(C)=O)c2cc(-c3cnc(C)nc3)ccc21. The van der Waals surface area contributed by atoms with Gasteiger partial charge in [0.05, 0.1) is 11.6 Å². The lowest BCUT2D eigenvalue weighted by molar-refractivity contribution is -0.138. The number of carbonyl (C=O) groups is 3. The lowest BCUT2D eigenvalue weighted by Crippen LogP contribution is -2.48. The summed E-state index contributed by atoms with van der Waals surface area (Å²) in [6, 6.07) is 7.89. The van der Waals surface area contributed by atoms with Crippen molar-refractivity contribution in [3.05, 3.63) is 89.7 Å². The van der Waals surface area contributed by atoms with Gasteiger partial charge in [-0.2, -0.15) is 10.2 Å². The number of nitrogens with zero attached hydrogens (tertiary/aromatic N) is 9. The molecule has 13 nitrogen and oxygen atoms in total. The lowest BCUT2D eigenvalue weighted by atomic mass is 9.98. The quantitative estimate of drug-likeness (QED) is 0.137. The number of pyridine rings is 1. The molecule has 1 fully saturated rings. The Kier molecular flexibility index (Phi) is 8.54. The van der Waals surface area contributed by atoms with Crippen LogP contribution in [0.4, 0.5) is 5.82 Å². The minimum absolute atomic E-state index is 0.170. The number of hydrogen-bond acceptors (Lipinski definition) is 9. The van der Waals surface area contributed by atoms with E-state index in [-0.39, 0.29) is 35.8 Å². The van der Waals surface area contributed by atoms with Gasteiger partial charge in [-0.25, -0.2) is 19.9 Å². The molecule has 5 heterocycles. The summed E-state index contributed by atoms with van der Waals surface area (Å²) in [5.41, 5.74) is 3.24. The van der Waals surface area contributed by atoms with Crippen LogP contribution in [0.2, 0.25) is 0 Å². The van der Waals surface area contributed by atoms with E-state index in [0.717, 1.165) is 16.7 Å². The van der Waals surface area contributed by atoms with Gasteiger partial charge in [-0.15, -0.1) is 6.58 Å². The van der Waals surface area contributed by atoms with Gasteiger partial charge >= 0.3 is 0 Å². The highest BCUT2D eigenvalue weighted by atomic mass is 79.9. The molecule has 1 N–H and O–H groups in total. The molecule has 0 saturated carbocycles. The molecule has 1 aliphatic rings. The van der Waals surface area contributed by atoms with Crippen molar-refractivity contribution in [3.63, 3.8) is 0 Å². The number of aromatic nitrogens is 8. The Bertz CT molecular complexity index is 1960. The number of fused-ring (bicyclic) bond motifs is 1. The molecule has 0 spiro atoms. The summed E-state index contributed by atoms with van der Waals surface area (Å²) in [7, 11) is 0. The summed E-state index contributed by atoms with van der Waals surface area (Å²) < 4.78 is 3.77. The number of ketones is 1. The zero-order chi connectivity index (χ0) is 32.5. The predicted octanol–water partition coefficient (Wildman–Crippen LogP) is 4.17. The molecule has 6 rings (SSSR count). The monoisotopic (exact) mass is 682 g/mol. The fourth-order valence-corrected chi connectivity index (χ4v) is 6.24. The van der Waals surface area contributed by atoms with E-state index in [1.807, 2.05) is 38.1 Å². The van der Waals surface area contributed by atoms with Crippen molar-refractivity contribution in [1.82, 2.24) is 44.4 Å². The Labute approximate surface area is 272 Å². The molecule has 1 saturated heterocycles. The molecule has 14 heteroatoms. The standard InChI is InChI=1S/C32H31BrN10O3/c1-5-25-22(14-41-17-34-16-37-41)11-27(32(46)39-31-18(2)6-9-28(33)38-31)43(25)29(45)15-42-26-8-7-21(23-12-35-20(4)36-13-23)10-24(26)30(40-42)19(3)44/h5-10,12-13,16-17,22,25,27H,1,11,14-15H2,2-4H3,(H,38,39,46)/t22-,25-,27+/m1/s1. The van der Waals surface area contributed by atoms with E-state index < -0.39 is 12.1 Å². The first-order valence-electron chi connectivity index (χ1n) is 14.6. The van der Waals surface area contributed by atoms with Gasteiger partial charge in [0.25, 0.3) is 0 Å². The molecule has 234 valence electrons. The number of rotatable bonds is 9. The van der Waals surface area contributed by atoms with Gasteiger partial charge in [-0.3, -0.25) is 23.7 Å². The van der Waals surface area contributed by atoms with Crippen LogP contribution >= 0.6 is 15.9 Å². The van der Waals surface area contributed by atoms with Crippen molar-refractivity contribution in [3.8, 4) is 11.1 Å². The van der Waals surface area contributed by atoms with E-state index in [1.165, 1.54) is 17.9 Å². The average Bonchev–Trinajstić information content (AvgIpc) is 3.77. The highest BCUT2D eigenvalue weighted by Gasteiger charge is 2.46. The fraction of sp³-hybridized carbons (Fsp3) is 0.281. The van der Waals surface area contributed by atoms with E-state index in [4.69, 9.17) is 0 Å². The van der Waals surface area contributed by atoms with E-state index in [9.17, 15) is 14.4 Å². The van der Waals surface area contributed by atoms with Gasteiger partial charge in [0, 0.05) is 42.7 Å². The molecule has 0 aliphatic carbocycles. The van der Waals surface area contributed by atoms with Crippen molar-refractivity contribution in [1.29, 1.82) is 0 Å². The minimum Gasteiger partial charge on any atom is -0.322 e. The zero-order valence-electron chi connectivity index (χ0n) is 25.5. The van der Waals surface area contributed by atoms with E-state index in [1.54, 1.807) is 40.4 Å². The molecule has 0 radical (unpaired) electrons. The molecule has 1 aliphatic heterocycles. The maximum absolute atomic E-state index is 14.2. The minimum atomic E-state index is -0.827. The first-order chi connectivity index (χ1) is 22.1. The fourth-order valence-electron chi connectivity index (χ4n) is 5.93. The molecule has 46 heavy (non-hydrogen) atoms. The first-order valence-corrected chi connectivity index (χ1v) is 15.4. The molecule has 4 aromatic heterocycles. The second-order valence-electron chi connectivity index (χ2n) is 11.3. The number of amides is 2.